The molecule has 0 unspecified atom stereocenters. The Morgan fingerprint density at radius 2 is 2.08 bits per heavy atom. The number of carbonyl (C=O) groups excluding carboxylic acids is 1. The Bertz CT molecular complexity index is 710. The minimum absolute atomic E-state index is 0.00245. The van der Waals surface area contributed by atoms with Gasteiger partial charge in [0.25, 0.3) is 5.91 Å². The molecule has 2 aliphatic rings. The molecule has 2 aromatic heterocycles. The Hall–Kier alpha value is -2.47. The second-order valence-electron chi connectivity index (χ2n) is 6.35. The summed E-state index contributed by atoms with van der Waals surface area (Å²) in [5.74, 6) is 0.768. The molecule has 2 atom stereocenters. The van der Waals surface area contributed by atoms with Gasteiger partial charge in [0.2, 0.25) is 0 Å². The fraction of sp³-hybridized carbons (Fsp3) is 0.389. The molecule has 0 saturated carbocycles. The highest BCUT2D eigenvalue weighted by atomic mass is 16.6. The molecule has 0 bridgehead atoms. The molecule has 0 aliphatic carbocycles. The van der Waals surface area contributed by atoms with Crippen LogP contribution in [0, 0.1) is 0 Å². The van der Waals surface area contributed by atoms with Crippen molar-refractivity contribution in [2.75, 3.05) is 19.7 Å². The summed E-state index contributed by atoms with van der Waals surface area (Å²) >= 11 is 0. The number of likely N-dealkylation sites (tertiary alicyclic amines) is 1. The van der Waals surface area contributed by atoms with E-state index in [-0.39, 0.29) is 17.6 Å². The highest BCUT2D eigenvalue weighted by molar-refractivity contribution is 5.94. The van der Waals surface area contributed by atoms with E-state index < -0.39 is 0 Å². The molecule has 0 N–H and O–H groups in total. The van der Waals surface area contributed by atoms with Gasteiger partial charge < -0.3 is 14.4 Å². The highest BCUT2D eigenvalue weighted by Gasteiger charge is 2.47. The summed E-state index contributed by atoms with van der Waals surface area (Å²) in [5.41, 5.74) is 0.334. The zero-order valence-corrected chi connectivity index (χ0v) is 13.3. The number of rotatable bonds is 3. The van der Waals surface area contributed by atoms with Crippen molar-refractivity contribution in [1.29, 1.82) is 0 Å². The molecule has 24 heavy (non-hydrogen) atoms. The molecule has 2 aromatic rings. The Kier molecular flexibility index (Phi) is 3.90. The summed E-state index contributed by atoms with van der Waals surface area (Å²) < 4.78 is 12.0. The summed E-state index contributed by atoms with van der Waals surface area (Å²) in [6.45, 7) is 1.85. The van der Waals surface area contributed by atoms with Gasteiger partial charge in [-0.2, -0.15) is 0 Å². The van der Waals surface area contributed by atoms with E-state index in [1.54, 1.807) is 36.9 Å². The third-order valence-corrected chi connectivity index (χ3v) is 4.62. The molecule has 2 aliphatic heterocycles. The Balaban J connectivity index is 1.39. The summed E-state index contributed by atoms with van der Waals surface area (Å²) in [5, 5.41) is 0. The summed E-state index contributed by atoms with van der Waals surface area (Å²) in [7, 11) is 0. The fourth-order valence-corrected chi connectivity index (χ4v) is 3.46. The van der Waals surface area contributed by atoms with Crippen LogP contribution < -0.4 is 4.74 Å². The van der Waals surface area contributed by atoms with Gasteiger partial charge in [0.05, 0.1) is 30.5 Å². The van der Waals surface area contributed by atoms with Gasteiger partial charge in [-0.25, -0.2) is 0 Å². The maximum absolute atomic E-state index is 12.6. The van der Waals surface area contributed by atoms with Gasteiger partial charge in [-0.05, 0) is 30.7 Å². The molecule has 4 rings (SSSR count). The van der Waals surface area contributed by atoms with Crippen LogP contribution in [0.4, 0.5) is 0 Å². The van der Waals surface area contributed by atoms with Crippen molar-refractivity contribution in [2.45, 2.75) is 24.5 Å². The molecule has 1 spiro atoms. The lowest BCUT2D eigenvalue weighted by Crippen LogP contribution is -2.36. The standard InChI is InChI=1S/C18H19N3O3/c22-17(14-3-1-6-19-10-14)21-8-5-18(13-21)9-16(12-23-18)24-15-4-2-7-20-11-15/h1-4,6-7,10-11,16H,5,8-9,12-13H2/t16-,18-/m0/s1. The number of amides is 1. The van der Waals surface area contributed by atoms with Crippen LogP contribution in [-0.4, -0.2) is 52.2 Å². The number of aromatic nitrogens is 2. The molecule has 6 heteroatoms. The van der Waals surface area contributed by atoms with E-state index in [2.05, 4.69) is 9.97 Å². The first-order chi connectivity index (χ1) is 11.7. The maximum atomic E-state index is 12.6. The predicted molar refractivity (Wildman–Crippen MR) is 86.7 cm³/mol. The molecule has 2 fully saturated rings. The van der Waals surface area contributed by atoms with E-state index in [1.807, 2.05) is 17.0 Å². The van der Waals surface area contributed by atoms with E-state index in [0.29, 0.717) is 25.3 Å². The van der Waals surface area contributed by atoms with E-state index in [0.717, 1.165) is 18.6 Å². The van der Waals surface area contributed by atoms with Crippen LogP contribution in [0.15, 0.2) is 49.1 Å². The number of ether oxygens (including phenoxy) is 2. The predicted octanol–water partition coefficient (Wildman–Crippen LogP) is 1.93. The zero-order valence-electron chi connectivity index (χ0n) is 13.3. The average molecular weight is 325 g/mol. The minimum Gasteiger partial charge on any atom is -0.486 e. The molecule has 4 heterocycles. The fourth-order valence-electron chi connectivity index (χ4n) is 3.46. The lowest BCUT2D eigenvalue weighted by molar-refractivity contribution is 0.00994. The molecule has 0 radical (unpaired) electrons. The third-order valence-electron chi connectivity index (χ3n) is 4.62. The van der Waals surface area contributed by atoms with Gasteiger partial charge in [-0.15, -0.1) is 0 Å². The van der Waals surface area contributed by atoms with Gasteiger partial charge in [-0.1, -0.05) is 0 Å². The first kappa shape index (κ1) is 15.1. The second-order valence-corrected chi connectivity index (χ2v) is 6.35. The van der Waals surface area contributed by atoms with E-state index in [4.69, 9.17) is 9.47 Å². The van der Waals surface area contributed by atoms with Crippen LogP contribution in [0.5, 0.6) is 5.75 Å². The lowest BCUT2D eigenvalue weighted by atomic mass is 9.98. The van der Waals surface area contributed by atoms with E-state index >= 15 is 0 Å². The summed E-state index contributed by atoms with van der Waals surface area (Å²) in [4.78, 5) is 22.5. The van der Waals surface area contributed by atoms with Crippen molar-refractivity contribution >= 4 is 5.91 Å². The van der Waals surface area contributed by atoms with Crippen molar-refractivity contribution in [3.8, 4) is 5.75 Å². The van der Waals surface area contributed by atoms with Crippen LogP contribution in [0.3, 0.4) is 0 Å². The topological polar surface area (TPSA) is 64.6 Å². The number of pyridine rings is 2. The SMILES string of the molecule is O=C(c1cccnc1)N1CC[C@]2(C[C@H](Oc3cccnc3)CO2)C1. The number of hydrogen-bond donors (Lipinski definition) is 0. The first-order valence-corrected chi connectivity index (χ1v) is 8.14. The molecular weight excluding hydrogens is 306 g/mol. The Labute approximate surface area is 140 Å². The van der Waals surface area contributed by atoms with Crippen molar-refractivity contribution in [3.05, 3.63) is 54.6 Å². The summed E-state index contributed by atoms with van der Waals surface area (Å²) in [6, 6.07) is 7.32. The Morgan fingerprint density at radius 3 is 2.83 bits per heavy atom. The summed E-state index contributed by atoms with van der Waals surface area (Å²) in [6.07, 6.45) is 8.34. The lowest BCUT2D eigenvalue weighted by Gasteiger charge is -2.23. The first-order valence-electron chi connectivity index (χ1n) is 8.14. The van der Waals surface area contributed by atoms with Crippen LogP contribution in [0.25, 0.3) is 0 Å². The molecular formula is C18H19N3O3. The molecule has 124 valence electrons. The van der Waals surface area contributed by atoms with E-state index in [9.17, 15) is 4.79 Å². The van der Waals surface area contributed by atoms with E-state index in [1.165, 1.54) is 0 Å². The van der Waals surface area contributed by atoms with Gasteiger partial charge in [0.15, 0.2) is 0 Å². The molecule has 6 nitrogen and oxygen atoms in total. The van der Waals surface area contributed by atoms with Crippen molar-refractivity contribution in [2.24, 2.45) is 0 Å². The van der Waals surface area contributed by atoms with Crippen molar-refractivity contribution < 1.29 is 14.3 Å². The molecule has 2 saturated heterocycles. The van der Waals surface area contributed by atoms with Gasteiger partial charge in [-0.3, -0.25) is 14.8 Å². The molecule has 1 amide bonds. The number of carbonyl (C=O) groups is 1. The van der Waals surface area contributed by atoms with Crippen LogP contribution in [0.2, 0.25) is 0 Å². The largest absolute Gasteiger partial charge is 0.486 e. The van der Waals surface area contributed by atoms with Crippen molar-refractivity contribution in [1.82, 2.24) is 14.9 Å². The Morgan fingerprint density at radius 1 is 1.25 bits per heavy atom. The quantitative estimate of drug-likeness (QED) is 0.863. The maximum Gasteiger partial charge on any atom is 0.255 e. The van der Waals surface area contributed by atoms with Gasteiger partial charge in [0, 0.05) is 31.6 Å². The van der Waals surface area contributed by atoms with Crippen LogP contribution >= 0.6 is 0 Å². The highest BCUT2D eigenvalue weighted by Crippen LogP contribution is 2.37. The van der Waals surface area contributed by atoms with Crippen LogP contribution in [0.1, 0.15) is 23.2 Å². The number of hydrogen-bond acceptors (Lipinski definition) is 5. The normalized spacial score (nSPS) is 26.0. The van der Waals surface area contributed by atoms with Crippen molar-refractivity contribution in [3.63, 3.8) is 0 Å². The van der Waals surface area contributed by atoms with Crippen LogP contribution in [-0.2, 0) is 4.74 Å². The van der Waals surface area contributed by atoms with Gasteiger partial charge in [0.1, 0.15) is 11.9 Å². The molecule has 0 aromatic carbocycles. The average Bonchev–Trinajstić information content (AvgIpc) is 3.23. The smallest absolute Gasteiger partial charge is 0.255 e. The minimum atomic E-state index is -0.287. The third kappa shape index (κ3) is 2.97. The van der Waals surface area contributed by atoms with Gasteiger partial charge >= 0.3 is 0 Å². The monoisotopic (exact) mass is 325 g/mol. The second kappa shape index (κ2) is 6.20. The number of nitrogens with zero attached hydrogens (tertiary/aromatic N) is 3. The zero-order chi connectivity index (χ0) is 16.4.